The number of fused-ring (bicyclic) bond motifs is 1. The topological polar surface area (TPSA) is 136 Å². The highest BCUT2D eigenvalue weighted by Crippen LogP contribution is 2.32. The Bertz CT molecular complexity index is 1120. The highest BCUT2D eigenvalue weighted by atomic mass is 16.1. The lowest BCUT2D eigenvalue weighted by atomic mass is 10.00. The van der Waals surface area contributed by atoms with Crippen LogP contribution in [0.1, 0.15) is 10.4 Å². The van der Waals surface area contributed by atoms with Gasteiger partial charge < -0.3 is 16.8 Å². The van der Waals surface area contributed by atoms with Crippen LogP contribution >= 0.6 is 0 Å². The van der Waals surface area contributed by atoms with E-state index in [1.54, 1.807) is 36.7 Å². The number of aromatic nitrogens is 4. The zero-order valence-corrected chi connectivity index (χ0v) is 13.6. The Hall–Kier alpha value is -3.94. The van der Waals surface area contributed by atoms with E-state index >= 15 is 0 Å². The molecule has 6 N–H and O–H groups in total. The van der Waals surface area contributed by atoms with E-state index < -0.39 is 5.91 Å². The third-order valence-electron chi connectivity index (χ3n) is 3.95. The van der Waals surface area contributed by atoms with Crippen LogP contribution in [0.4, 0.5) is 17.5 Å². The van der Waals surface area contributed by atoms with Gasteiger partial charge in [0.1, 0.15) is 5.82 Å². The van der Waals surface area contributed by atoms with Gasteiger partial charge in [0.2, 0.25) is 11.9 Å². The molecule has 0 aliphatic carbocycles. The van der Waals surface area contributed by atoms with Gasteiger partial charge in [0.25, 0.3) is 0 Å². The monoisotopic (exact) mass is 345 g/mol. The number of nitrogens with zero attached hydrogens (tertiary/aromatic N) is 3. The summed E-state index contributed by atoms with van der Waals surface area (Å²) in [6.07, 6.45) is 3.31. The van der Waals surface area contributed by atoms with Gasteiger partial charge in [-0.25, -0.2) is 4.98 Å². The molecule has 2 aromatic carbocycles. The minimum atomic E-state index is -0.474. The fourth-order valence-corrected chi connectivity index (χ4v) is 2.79. The van der Waals surface area contributed by atoms with Crippen LogP contribution in [0, 0.1) is 0 Å². The van der Waals surface area contributed by atoms with Gasteiger partial charge in [0.15, 0.2) is 0 Å². The molecule has 0 radical (unpaired) electrons. The van der Waals surface area contributed by atoms with Crippen molar-refractivity contribution in [3.8, 4) is 11.1 Å². The third-order valence-corrected chi connectivity index (χ3v) is 3.95. The summed E-state index contributed by atoms with van der Waals surface area (Å²) in [6, 6.07) is 12.8. The summed E-state index contributed by atoms with van der Waals surface area (Å²) in [4.78, 5) is 19.5. The van der Waals surface area contributed by atoms with E-state index in [4.69, 9.17) is 11.5 Å². The molecule has 0 unspecified atom stereocenters. The normalized spacial score (nSPS) is 10.8. The Morgan fingerprint density at radius 3 is 2.85 bits per heavy atom. The number of carbonyl (C=O) groups is 1. The molecule has 8 nitrogen and oxygen atoms in total. The lowest BCUT2D eigenvalue weighted by Crippen LogP contribution is -2.10. The summed E-state index contributed by atoms with van der Waals surface area (Å²) >= 11 is 0. The summed E-state index contributed by atoms with van der Waals surface area (Å²) in [5, 5.41) is 11.2. The third kappa shape index (κ3) is 2.91. The van der Waals surface area contributed by atoms with E-state index in [0.717, 1.165) is 27.7 Å². The van der Waals surface area contributed by atoms with Crippen LogP contribution in [0.2, 0.25) is 0 Å². The van der Waals surface area contributed by atoms with Crippen molar-refractivity contribution >= 4 is 34.3 Å². The van der Waals surface area contributed by atoms with Gasteiger partial charge in [-0.05, 0) is 35.9 Å². The number of carbonyl (C=O) groups excluding carboxylic acids is 1. The van der Waals surface area contributed by atoms with Crippen LogP contribution < -0.4 is 16.8 Å². The molecule has 4 aromatic rings. The lowest BCUT2D eigenvalue weighted by molar-refractivity contribution is 0.100. The van der Waals surface area contributed by atoms with E-state index in [0.29, 0.717) is 11.4 Å². The maximum Gasteiger partial charge on any atom is 0.248 e. The molecule has 2 heterocycles. The average molecular weight is 345 g/mol. The Morgan fingerprint density at radius 2 is 2.04 bits per heavy atom. The molecule has 0 spiro atoms. The number of nitrogen functional groups attached to an aromatic ring is 1. The number of nitrogens with two attached hydrogens (primary N) is 2. The average Bonchev–Trinajstić information content (AvgIpc) is 3.09. The van der Waals surface area contributed by atoms with Crippen molar-refractivity contribution in [1.82, 2.24) is 20.2 Å². The molecule has 8 heteroatoms. The van der Waals surface area contributed by atoms with Crippen molar-refractivity contribution in [2.75, 3.05) is 11.1 Å². The Balaban J connectivity index is 1.83. The van der Waals surface area contributed by atoms with Gasteiger partial charge in [-0.3, -0.25) is 9.89 Å². The van der Waals surface area contributed by atoms with Gasteiger partial charge >= 0.3 is 0 Å². The number of rotatable bonds is 4. The van der Waals surface area contributed by atoms with Gasteiger partial charge in [-0.15, -0.1) is 0 Å². The molecule has 0 atom stereocenters. The van der Waals surface area contributed by atoms with E-state index in [-0.39, 0.29) is 5.95 Å². The predicted octanol–water partition coefficient (Wildman–Crippen LogP) is 2.44. The first-order valence-corrected chi connectivity index (χ1v) is 7.83. The van der Waals surface area contributed by atoms with Crippen LogP contribution in [-0.2, 0) is 0 Å². The number of anilines is 3. The zero-order chi connectivity index (χ0) is 18.1. The fourth-order valence-electron chi connectivity index (χ4n) is 2.79. The minimum Gasteiger partial charge on any atom is -0.368 e. The van der Waals surface area contributed by atoms with Gasteiger partial charge in [-0.2, -0.15) is 10.1 Å². The van der Waals surface area contributed by atoms with Crippen LogP contribution in [0.5, 0.6) is 0 Å². The lowest BCUT2D eigenvalue weighted by Gasteiger charge is -2.10. The Labute approximate surface area is 148 Å². The highest BCUT2D eigenvalue weighted by molar-refractivity contribution is 5.99. The second-order valence-electron chi connectivity index (χ2n) is 5.73. The molecule has 26 heavy (non-hydrogen) atoms. The van der Waals surface area contributed by atoms with Crippen LogP contribution in [0.3, 0.4) is 0 Å². The Morgan fingerprint density at radius 1 is 1.15 bits per heavy atom. The molecule has 0 saturated carbocycles. The van der Waals surface area contributed by atoms with E-state index in [9.17, 15) is 4.79 Å². The number of amides is 1. The molecule has 4 rings (SSSR count). The fraction of sp³-hybridized carbons (Fsp3) is 0. The number of hydrogen-bond donors (Lipinski definition) is 4. The van der Waals surface area contributed by atoms with Gasteiger partial charge in [-0.1, -0.05) is 12.1 Å². The maximum absolute atomic E-state index is 11.5. The van der Waals surface area contributed by atoms with Gasteiger partial charge in [0, 0.05) is 28.4 Å². The number of aromatic amines is 1. The minimum absolute atomic E-state index is 0.189. The van der Waals surface area contributed by atoms with Crippen LogP contribution in [-0.4, -0.2) is 26.1 Å². The summed E-state index contributed by atoms with van der Waals surface area (Å²) in [6.45, 7) is 0. The second kappa shape index (κ2) is 6.17. The van der Waals surface area contributed by atoms with Crippen LogP contribution in [0.25, 0.3) is 22.0 Å². The van der Waals surface area contributed by atoms with Crippen molar-refractivity contribution in [2.45, 2.75) is 0 Å². The Kier molecular flexibility index (Phi) is 3.70. The zero-order valence-electron chi connectivity index (χ0n) is 13.6. The maximum atomic E-state index is 11.5. The van der Waals surface area contributed by atoms with Crippen molar-refractivity contribution in [2.24, 2.45) is 5.73 Å². The number of hydrogen-bond acceptors (Lipinski definition) is 6. The summed E-state index contributed by atoms with van der Waals surface area (Å²) in [5.74, 6) is 0.296. The van der Waals surface area contributed by atoms with Crippen molar-refractivity contribution < 1.29 is 4.79 Å². The second-order valence-corrected chi connectivity index (χ2v) is 5.73. The van der Waals surface area contributed by atoms with E-state index in [2.05, 4.69) is 25.5 Å². The summed E-state index contributed by atoms with van der Waals surface area (Å²) in [7, 11) is 0. The molecule has 0 aliphatic rings. The number of nitrogens with one attached hydrogen (secondary N) is 2. The first-order chi connectivity index (χ1) is 12.6. The van der Waals surface area contributed by atoms with Crippen molar-refractivity contribution in [1.29, 1.82) is 0 Å². The molecule has 0 aliphatic heterocycles. The molecule has 0 fully saturated rings. The molecule has 0 saturated heterocycles. The number of benzene rings is 2. The van der Waals surface area contributed by atoms with Crippen LogP contribution in [0.15, 0.2) is 54.9 Å². The quantitative estimate of drug-likeness (QED) is 0.448. The molecule has 1 amide bonds. The van der Waals surface area contributed by atoms with E-state index in [1.807, 2.05) is 18.2 Å². The van der Waals surface area contributed by atoms with E-state index in [1.165, 1.54) is 0 Å². The number of H-pyrrole nitrogens is 1. The smallest absolute Gasteiger partial charge is 0.248 e. The molecular formula is C18H15N7O. The summed E-state index contributed by atoms with van der Waals surface area (Å²) < 4.78 is 0. The summed E-state index contributed by atoms with van der Waals surface area (Å²) in [5.41, 5.74) is 14.9. The molecule has 128 valence electrons. The largest absolute Gasteiger partial charge is 0.368 e. The van der Waals surface area contributed by atoms with Crippen molar-refractivity contribution in [3.63, 3.8) is 0 Å². The first kappa shape index (κ1) is 15.6. The standard InChI is InChI=1S/C18H15N7O/c19-17(26)11-3-1-2-10(6-11)14-8-13(7-12-9-22-25-16(12)14)23-15-4-5-21-18(20)24-15/h1-9H,(H2,19,26)(H,22,25)(H3,20,21,23,24). The van der Waals surface area contributed by atoms with Gasteiger partial charge in [0.05, 0.1) is 11.7 Å². The molecular weight excluding hydrogens is 330 g/mol. The highest BCUT2D eigenvalue weighted by Gasteiger charge is 2.11. The van der Waals surface area contributed by atoms with Crippen molar-refractivity contribution in [3.05, 3.63) is 60.4 Å². The molecule has 0 bridgehead atoms. The SMILES string of the molecule is NC(=O)c1cccc(-c2cc(Nc3ccnc(N)n3)cc3cn[nH]c23)c1. The number of primary amides is 1. The molecule has 2 aromatic heterocycles. The first-order valence-electron chi connectivity index (χ1n) is 7.83. The predicted molar refractivity (Wildman–Crippen MR) is 99.8 cm³/mol.